The standard InChI is InChI=1S/C10H18N2OS/c13-10-3-6-14-7-5-12(10)9-2-1-4-11-8-9/h9,11H,1-8H2. The zero-order valence-corrected chi connectivity index (χ0v) is 9.31. The number of piperidine rings is 1. The third kappa shape index (κ3) is 2.42. The van der Waals surface area contributed by atoms with E-state index in [0.29, 0.717) is 11.9 Å². The van der Waals surface area contributed by atoms with E-state index in [9.17, 15) is 4.79 Å². The summed E-state index contributed by atoms with van der Waals surface area (Å²) in [5.74, 6) is 2.49. The zero-order valence-electron chi connectivity index (χ0n) is 8.50. The van der Waals surface area contributed by atoms with Gasteiger partial charge in [0.05, 0.1) is 0 Å². The van der Waals surface area contributed by atoms with E-state index in [1.54, 1.807) is 0 Å². The summed E-state index contributed by atoms with van der Waals surface area (Å²) in [5, 5.41) is 3.37. The van der Waals surface area contributed by atoms with E-state index in [0.717, 1.165) is 37.6 Å². The minimum Gasteiger partial charge on any atom is -0.338 e. The van der Waals surface area contributed by atoms with Crippen LogP contribution in [0.25, 0.3) is 0 Å². The summed E-state index contributed by atoms with van der Waals surface area (Å²) in [6, 6.07) is 0.468. The lowest BCUT2D eigenvalue weighted by Crippen LogP contribution is -2.49. The van der Waals surface area contributed by atoms with Gasteiger partial charge in [0.2, 0.25) is 5.91 Å². The molecule has 0 bridgehead atoms. The molecule has 1 unspecified atom stereocenters. The first-order chi connectivity index (χ1) is 6.88. The van der Waals surface area contributed by atoms with E-state index >= 15 is 0 Å². The van der Waals surface area contributed by atoms with Gasteiger partial charge in [-0.15, -0.1) is 0 Å². The van der Waals surface area contributed by atoms with Gasteiger partial charge in [-0.1, -0.05) is 0 Å². The fourth-order valence-corrected chi connectivity index (χ4v) is 3.03. The van der Waals surface area contributed by atoms with Crippen molar-refractivity contribution in [2.24, 2.45) is 0 Å². The number of rotatable bonds is 1. The van der Waals surface area contributed by atoms with Crippen molar-refractivity contribution in [2.75, 3.05) is 31.1 Å². The van der Waals surface area contributed by atoms with Gasteiger partial charge in [-0.05, 0) is 19.4 Å². The van der Waals surface area contributed by atoms with Crippen LogP contribution in [-0.2, 0) is 4.79 Å². The van der Waals surface area contributed by atoms with Gasteiger partial charge in [0, 0.05) is 37.1 Å². The van der Waals surface area contributed by atoms with Crippen molar-refractivity contribution in [1.29, 1.82) is 0 Å². The van der Waals surface area contributed by atoms with Crippen molar-refractivity contribution in [3.05, 3.63) is 0 Å². The van der Waals surface area contributed by atoms with E-state index in [1.165, 1.54) is 12.8 Å². The van der Waals surface area contributed by atoms with E-state index in [1.807, 2.05) is 11.8 Å². The molecule has 2 aliphatic heterocycles. The number of carbonyl (C=O) groups is 1. The number of nitrogens with zero attached hydrogens (tertiary/aromatic N) is 1. The molecular weight excluding hydrogens is 196 g/mol. The molecule has 2 saturated heterocycles. The predicted molar refractivity (Wildman–Crippen MR) is 59.5 cm³/mol. The molecule has 0 aromatic rings. The highest BCUT2D eigenvalue weighted by Crippen LogP contribution is 2.17. The van der Waals surface area contributed by atoms with Gasteiger partial charge >= 0.3 is 0 Å². The molecule has 0 saturated carbocycles. The van der Waals surface area contributed by atoms with Gasteiger partial charge in [0.1, 0.15) is 0 Å². The average Bonchev–Trinajstić information content (AvgIpc) is 2.44. The molecule has 80 valence electrons. The predicted octanol–water partition coefficient (Wildman–Crippen LogP) is 0.704. The Balaban J connectivity index is 1.95. The van der Waals surface area contributed by atoms with Crippen LogP contribution in [0.15, 0.2) is 0 Å². The second kappa shape index (κ2) is 5.03. The van der Waals surface area contributed by atoms with Crippen molar-refractivity contribution in [1.82, 2.24) is 10.2 Å². The molecule has 2 heterocycles. The summed E-state index contributed by atoms with van der Waals surface area (Å²) in [7, 11) is 0. The lowest BCUT2D eigenvalue weighted by molar-refractivity contribution is -0.132. The van der Waals surface area contributed by atoms with Crippen LogP contribution in [0.1, 0.15) is 19.3 Å². The molecule has 0 aromatic carbocycles. The van der Waals surface area contributed by atoms with Gasteiger partial charge in [-0.3, -0.25) is 4.79 Å². The van der Waals surface area contributed by atoms with Crippen LogP contribution in [0.3, 0.4) is 0 Å². The Hall–Kier alpha value is -0.220. The summed E-state index contributed by atoms with van der Waals surface area (Å²) < 4.78 is 0. The maximum absolute atomic E-state index is 11.8. The average molecular weight is 214 g/mol. The van der Waals surface area contributed by atoms with E-state index in [2.05, 4.69) is 10.2 Å². The molecular formula is C10H18N2OS. The minimum atomic E-state index is 0.365. The molecule has 1 atom stereocenters. The number of amides is 1. The van der Waals surface area contributed by atoms with Crippen LogP contribution in [0.2, 0.25) is 0 Å². The molecule has 4 heteroatoms. The number of hydrogen-bond acceptors (Lipinski definition) is 3. The Morgan fingerprint density at radius 3 is 3.14 bits per heavy atom. The summed E-state index contributed by atoms with van der Waals surface area (Å²) in [6.07, 6.45) is 3.13. The Labute approximate surface area is 89.6 Å². The summed E-state index contributed by atoms with van der Waals surface area (Å²) >= 11 is 1.90. The normalized spacial score (nSPS) is 30.1. The Kier molecular flexibility index (Phi) is 3.70. The molecule has 2 rings (SSSR count). The second-order valence-electron chi connectivity index (χ2n) is 3.95. The van der Waals surface area contributed by atoms with E-state index in [-0.39, 0.29) is 0 Å². The quantitative estimate of drug-likeness (QED) is 0.697. The van der Waals surface area contributed by atoms with Crippen molar-refractivity contribution < 1.29 is 4.79 Å². The monoisotopic (exact) mass is 214 g/mol. The van der Waals surface area contributed by atoms with Crippen LogP contribution in [0, 0.1) is 0 Å². The highest BCUT2D eigenvalue weighted by Gasteiger charge is 2.25. The van der Waals surface area contributed by atoms with E-state index in [4.69, 9.17) is 0 Å². The van der Waals surface area contributed by atoms with E-state index < -0.39 is 0 Å². The molecule has 0 radical (unpaired) electrons. The summed E-state index contributed by atoms with van der Waals surface area (Å²) in [5.41, 5.74) is 0. The van der Waals surface area contributed by atoms with Crippen LogP contribution in [-0.4, -0.2) is 48.0 Å². The van der Waals surface area contributed by atoms with Gasteiger partial charge in [0.25, 0.3) is 0 Å². The minimum absolute atomic E-state index is 0.365. The summed E-state index contributed by atoms with van der Waals surface area (Å²) in [6.45, 7) is 3.07. The highest BCUT2D eigenvalue weighted by molar-refractivity contribution is 7.99. The molecule has 1 N–H and O–H groups in total. The first-order valence-electron chi connectivity index (χ1n) is 5.46. The van der Waals surface area contributed by atoms with Crippen molar-refractivity contribution >= 4 is 17.7 Å². The topological polar surface area (TPSA) is 32.3 Å². The van der Waals surface area contributed by atoms with Gasteiger partial charge in [0.15, 0.2) is 0 Å². The third-order valence-corrected chi connectivity index (χ3v) is 3.93. The number of thioether (sulfide) groups is 1. The van der Waals surface area contributed by atoms with Crippen molar-refractivity contribution in [2.45, 2.75) is 25.3 Å². The molecule has 0 aliphatic carbocycles. The SMILES string of the molecule is O=C1CCSCCN1C1CCCNC1. The molecule has 14 heavy (non-hydrogen) atoms. The first kappa shape index (κ1) is 10.3. The lowest BCUT2D eigenvalue weighted by atomic mass is 10.1. The maximum atomic E-state index is 11.8. The largest absolute Gasteiger partial charge is 0.338 e. The highest BCUT2D eigenvalue weighted by atomic mass is 32.2. The van der Waals surface area contributed by atoms with Crippen LogP contribution in [0.4, 0.5) is 0 Å². The molecule has 3 nitrogen and oxygen atoms in total. The fraction of sp³-hybridized carbons (Fsp3) is 0.900. The Bertz CT molecular complexity index is 204. The summed E-state index contributed by atoms with van der Waals surface area (Å²) in [4.78, 5) is 13.9. The third-order valence-electron chi connectivity index (χ3n) is 2.97. The van der Waals surface area contributed by atoms with Crippen LogP contribution < -0.4 is 5.32 Å². The van der Waals surface area contributed by atoms with Crippen molar-refractivity contribution in [3.63, 3.8) is 0 Å². The lowest BCUT2D eigenvalue weighted by Gasteiger charge is -2.33. The fourth-order valence-electron chi connectivity index (χ4n) is 2.18. The second-order valence-corrected chi connectivity index (χ2v) is 5.17. The van der Waals surface area contributed by atoms with Crippen LogP contribution >= 0.6 is 11.8 Å². The van der Waals surface area contributed by atoms with Crippen LogP contribution in [0.5, 0.6) is 0 Å². The number of carbonyl (C=O) groups excluding carboxylic acids is 1. The molecule has 2 fully saturated rings. The Morgan fingerprint density at radius 2 is 2.36 bits per heavy atom. The van der Waals surface area contributed by atoms with Gasteiger partial charge in [-0.2, -0.15) is 11.8 Å². The number of hydrogen-bond donors (Lipinski definition) is 1. The Morgan fingerprint density at radius 1 is 1.43 bits per heavy atom. The smallest absolute Gasteiger partial charge is 0.223 e. The van der Waals surface area contributed by atoms with Gasteiger partial charge in [-0.25, -0.2) is 0 Å². The number of nitrogens with one attached hydrogen (secondary N) is 1. The molecule has 0 aromatic heterocycles. The molecule has 1 amide bonds. The molecule has 2 aliphatic rings. The maximum Gasteiger partial charge on any atom is 0.223 e. The zero-order chi connectivity index (χ0) is 9.80. The first-order valence-corrected chi connectivity index (χ1v) is 6.61. The molecule has 0 spiro atoms. The van der Waals surface area contributed by atoms with Crippen molar-refractivity contribution in [3.8, 4) is 0 Å². The van der Waals surface area contributed by atoms with Gasteiger partial charge < -0.3 is 10.2 Å².